The van der Waals surface area contributed by atoms with E-state index in [9.17, 15) is 40.5 Å². The van der Waals surface area contributed by atoms with E-state index in [1.54, 1.807) is 6.92 Å². The Hall–Kier alpha value is -0.770. The van der Waals surface area contributed by atoms with Crippen molar-refractivity contribution >= 4 is 5.97 Å². The van der Waals surface area contributed by atoms with Crippen LogP contribution >= 0.6 is 0 Å². The van der Waals surface area contributed by atoms with E-state index in [0.29, 0.717) is 12.8 Å². The lowest BCUT2D eigenvalue weighted by Gasteiger charge is -2.41. The molecule has 0 bridgehead atoms. The van der Waals surface area contributed by atoms with Crippen molar-refractivity contribution in [1.82, 2.24) is 0 Å². The second-order valence-electron chi connectivity index (χ2n) is 10.9. The number of carboxylic acid groups (broad SMARTS) is 1. The largest absolute Gasteiger partial charge is 0.481 e. The van der Waals surface area contributed by atoms with Gasteiger partial charge in [-0.3, -0.25) is 4.79 Å². The lowest BCUT2D eigenvalue weighted by atomic mass is 9.67. The minimum absolute atomic E-state index is 0.293. The number of carbonyl (C=O) groups is 1. The summed E-state index contributed by atoms with van der Waals surface area (Å²) in [5, 5.41) is 68.3. The van der Waals surface area contributed by atoms with Gasteiger partial charge in [-0.25, -0.2) is 0 Å². The van der Waals surface area contributed by atoms with E-state index in [4.69, 9.17) is 0 Å². The van der Waals surface area contributed by atoms with Gasteiger partial charge in [-0.05, 0) is 18.3 Å². The highest BCUT2D eigenvalue weighted by Crippen LogP contribution is 2.42. The molecule has 0 fully saturated rings. The molecule has 0 aliphatic heterocycles. The maximum absolute atomic E-state index is 12.0. The third-order valence-corrected chi connectivity index (χ3v) is 8.06. The maximum Gasteiger partial charge on any atom is 0.307 e. The zero-order chi connectivity index (χ0) is 27.8. The number of carboxylic acids is 1. The normalized spacial score (nSPS) is 16.9. The second kappa shape index (κ2) is 18.5. The molecule has 0 amide bonds. The van der Waals surface area contributed by atoms with Crippen LogP contribution in [-0.4, -0.2) is 53.7 Å². The number of aliphatic carboxylic acids is 1. The number of hydrogen-bond acceptors (Lipinski definition) is 7. The summed E-state index contributed by atoms with van der Waals surface area (Å²) in [6.07, 6.45) is 17.5. The zero-order valence-electron chi connectivity index (χ0n) is 23.2. The molecule has 0 aromatic carbocycles. The summed E-state index contributed by atoms with van der Waals surface area (Å²) < 4.78 is 0. The van der Waals surface area contributed by atoms with Gasteiger partial charge in [-0.1, -0.05) is 124 Å². The molecular weight excluding hydrogens is 464 g/mol. The first-order valence-electron chi connectivity index (χ1n) is 14.4. The first-order chi connectivity index (χ1) is 16.8. The van der Waals surface area contributed by atoms with Crippen LogP contribution in [0.2, 0.25) is 0 Å². The van der Waals surface area contributed by atoms with E-state index in [1.165, 1.54) is 78.1 Å². The van der Waals surface area contributed by atoms with Crippen LogP contribution in [0.25, 0.3) is 0 Å². The Labute approximate surface area is 218 Å². The molecule has 0 aromatic rings. The van der Waals surface area contributed by atoms with Crippen LogP contribution in [0.3, 0.4) is 0 Å². The van der Waals surface area contributed by atoms with Crippen molar-refractivity contribution in [3.8, 4) is 0 Å². The highest BCUT2D eigenvalue weighted by atomic mass is 16.7. The molecule has 0 aromatic heterocycles. The fourth-order valence-electron chi connectivity index (χ4n) is 5.53. The third-order valence-electron chi connectivity index (χ3n) is 8.06. The Morgan fingerprint density at radius 1 is 0.583 bits per heavy atom. The Kier molecular flexibility index (Phi) is 18.1. The van der Waals surface area contributed by atoms with Gasteiger partial charge in [0.1, 0.15) is 0 Å². The lowest BCUT2D eigenvalue weighted by Crippen LogP contribution is -2.49. The average Bonchev–Trinajstić information content (AvgIpc) is 2.78. The fourth-order valence-corrected chi connectivity index (χ4v) is 5.53. The second-order valence-corrected chi connectivity index (χ2v) is 10.9. The maximum atomic E-state index is 12.0. The predicted octanol–water partition coefficient (Wildman–Crippen LogP) is 4.73. The molecule has 0 aliphatic carbocycles. The molecule has 0 unspecified atom stereocenters. The van der Waals surface area contributed by atoms with Gasteiger partial charge < -0.3 is 35.7 Å². The van der Waals surface area contributed by atoms with Crippen LogP contribution in [0.4, 0.5) is 0 Å². The van der Waals surface area contributed by atoms with E-state index in [0.717, 1.165) is 25.7 Å². The fraction of sp³-hybridized carbons (Fsp3) is 0.964. The van der Waals surface area contributed by atoms with Gasteiger partial charge in [0.25, 0.3) is 11.9 Å². The monoisotopic (exact) mass is 520 g/mol. The zero-order valence-corrected chi connectivity index (χ0v) is 23.2. The van der Waals surface area contributed by atoms with Crippen LogP contribution in [0.1, 0.15) is 130 Å². The van der Waals surface area contributed by atoms with Gasteiger partial charge in [-0.2, -0.15) is 0 Å². The first kappa shape index (κ1) is 35.2. The van der Waals surface area contributed by atoms with Gasteiger partial charge >= 0.3 is 5.97 Å². The molecule has 36 heavy (non-hydrogen) atoms. The summed E-state index contributed by atoms with van der Waals surface area (Å²) in [5.41, 5.74) is 0. The van der Waals surface area contributed by atoms with Crippen molar-refractivity contribution in [3.05, 3.63) is 0 Å². The van der Waals surface area contributed by atoms with Crippen molar-refractivity contribution in [3.63, 3.8) is 0 Å². The van der Waals surface area contributed by atoms with Gasteiger partial charge in [0.2, 0.25) is 0 Å². The quantitative estimate of drug-likeness (QED) is 0.0752. The molecule has 0 spiro atoms. The topological polar surface area (TPSA) is 159 Å². The summed E-state index contributed by atoms with van der Waals surface area (Å²) in [7, 11) is 0. The highest BCUT2D eigenvalue weighted by Gasteiger charge is 2.48. The summed E-state index contributed by atoms with van der Waals surface area (Å²) in [6, 6.07) is 0. The summed E-state index contributed by atoms with van der Waals surface area (Å²) in [6.45, 7) is 6.65. The summed E-state index contributed by atoms with van der Waals surface area (Å²) in [4.78, 5) is 12.0. The van der Waals surface area contributed by atoms with Crippen LogP contribution < -0.4 is 0 Å². The lowest BCUT2D eigenvalue weighted by molar-refractivity contribution is -0.356. The van der Waals surface area contributed by atoms with Crippen molar-refractivity contribution in [2.75, 3.05) is 0 Å². The van der Waals surface area contributed by atoms with E-state index in [-0.39, 0.29) is 0 Å². The van der Waals surface area contributed by atoms with E-state index < -0.39 is 47.5 Å². The SMILES string of the molecule is CCCCCCCCCCCCCCCC[C@@H]([C@H](CC)[C@H](C(=O)O)[C@H](C)C(O)(O)O)[C@H](C)C(O)(O)O. The Morgan fingerprint density at radius 3 is 1.25 bits per heavy atom. The van der Waals surface area contributed by atoms with E-state index >= 15 is 0 Å². The first-order valence-corrected chi connectivity index (χ1v) is 14.4. The molecule has 0 radical (unpaired) electrons. The molecule has 0 saturated heterocycles. The molecular formula is C28H56O8. The number of hydrogen-bond donors (Lipinski definition) is 7. The van der Waals surface area contributed by atoms with Gasteiger partial charge in [0.05, 0.1) is 11.8 Å². The van der Waals surface area contributed by atoms with Gasteiger partial charge in [0, 0.05) is 5.92 Å². The number of aliphatic hydroxyl groups is 6. The van der Waals surface area contributed by atoms with Crippen LogP contribution in [-0.2, 0) is 4.79 Å². The Bertz CT molecular complexity index is 555. The molecule has 5 atom stereocenters. The van der Waals surface area contributed by atoms with E-state index in [2.05, 4.69) is 6.92 Å². The van der Waals surface area contributed by atoms with E-state index in [1.807, 2.05) is 0 Å². The van der Waals surface area contributed by atoms with Crippen molar-refractivity contribution in [2.24, 2.45) is 29.6 Å². The van der Waals surface area contributed by atoms with Crippen LogP contribution in [0.5, 0.6) is 0 Å². The van der Waals surface area contributed by atoms with Crippen molar-refractivity contribution in [1.29, 1.82) is 0 Å². The molecule has 0 rings (SSSR count). The highest BCUT2D eigenvalue weighted by molar-refractivity contribution is 5.71. The standard InChI is InChI=1S/C28H56O8/c1-5-7-8-9-10-11-12-13-14-15-16-17-18-19-20-24(21(3)27(31,32)33)23(6-2)25(26(29)30)22(4)28(34,35)36/h21-25,31-36H,5-20H2,1-4H3,(H,29,30)/t21-,22-,23-,24+,25+/m0/s1. The Morgan fingerprint density at radius 2 is 0.944 bits per heavy atom. The third kappa shape index (κ3) is 14.2. The minimum atomic E-state index is -3.19. The molecule has 8 nitrogen and oxygen atoms in total. The van der Waals surface area contributed by atoms with Crippen molar-refractivity contribution in [2.45, 2.75) is 142 Å². The molecule has 0 heterocycles. The number of rotatable bonds is 23. The Balaban J connectivity index is 4.71. The van der Waals surface area contributed by atoms with Crippen LogP contribution in [0, 0.1) is 29.6 Å². The predicted molar refractivity (Wildman–Crippen MR) is 140 cm³/mol. The van der Waals surface area contributed by atoms with Crippen molar-refractivity contribution < 1.29 is 40.5 Å². The summed E-state index contributed by atoms with van der Waals surface area (Å²) in [5.74, 6) is -12.7. The molecule has 8 heteroatoms. The smallest absolute Gasteiger partial charge is 0.307 e. The average molecular weight is 521 g/mol. The number of unbranched alkanes of at least 4 members (excludes halogenated alkanes) is 13. The molecule has 216 valence electrons. The minimum Gasteiger partial charge on any atom is -0.481 e. The molecule has 0 aliphatic rings. The van der Waals surface area contributed by atoms with Gasteiger partial charge in [0.15, 0.2) is 0 Å². The molecule has 7 N–H and O–H groups in total. The van der Waals surface area contributed by atoms with Crippen LogP contribution in [0.15, 0.2) is 0 Å². The summed E-state index contributed by atoms with van der Waals surface area (Å²) >= 11 is 0. The van der Waals surface area contributed by atoms with Gasteiger partial charge in [-0.15, -0.1) is 0 Å². The molecule has 0 saturated carbocycles.